The second-order valence-electron chi connectivity index (χ2n) is 4.55. The SMILES string of the molecule is O=C1CN(Cc2cccc(Br)c2)c2ccccc2N1. The van der Waals surface area contributed by atoms with Gasteiger partial charge in [-0.1, -0.05) is 40.2 Å². The third-order valence-corrected chi connectivity index (χ3v) is 3.61. The summed E-state index contributed by atoms with van der Waals surface area (Å²) >= 11 is 3.47. The van der Waals surface area contributed by atoms with Gasteiger partial charge in [-0.15, -0.1) is 0 Å². The molecule has 1 amide bonds. The molecule has 1 aliphatic heterocycles. The van der Waals surface area contributed by atoms with Crippen molar-refractivity contribution in [1.82, 2.24) is 0 Å². The predicted octanol–water partition coefficient (Wildman–Crippen LogP) is 3.41. The number of fused-ring (bicyclic) bond motifs is 1. The number of benzene rings is 2. The van der Waals surface area contributed by atoms with E-state index in [-0.39, 0.29) is 5.91 Å². The number of anilines is 2. The largest absolute Gasteiger partial charge is 0.356 e. The number of hydrogen-bond donors (Lipinski definition) is 1. The van der Waals surface area contributed by atoms with Gasteiger partial charge < -0.3 is 10.2 Å². The second-order valence-corrected chi connectivity index (χ2v) is 5.47. The Balaban J connectivity index is 1.91. The average molecular weight is 317 g/mol. The lowest BCUT2D eigenvalue weighted by molar-refractivity contribution is -0.115. The highest BCUT2D eigenvalue weighted by Crippen LogP contribution is 2.30. The van der Waals surface area contributed by atoms with Crippen LogP contribution in [0.15, 0.2) is 53.0 Å². The summed E-state index contributed by atoms with van der Waals surface area (Å²) in [5, 5.41) is 2.90. The zero-order valence-electron chi connectivity index (χ0n) is 10.3. The third-order valence-electron chi connectivity index (χ3n) is 3.12. The Morgan fingerprint density at radius 2 is 2.00 bits per heavy atom. The number of amides is 1. The van der Waals surface area contributed by atoms with Crippen molar-refractivity contribution in [2.24, 2.45) is 0 Å². The minimum atomic E-state index is 0.0358. The molecular weight excluding hydrogens is 304 g/mol. The van der Waals surface area contributed by atoms with E-state index in [0.717, 1.165) is 22.4 Å². The maximum atomic E-state index is 11.7. The van der Waals surface area contributed by atoms with Gasteiger partial charge in [0.05, 0.1) is 17.9 Å². The van der Waals surface area contributed by atoms with E-state index in [9.17, 15) is 4.79 Å². The maximum Gasteiger partial charge on any atom is 0.243 e. The van der Waals surface area contributed by atoms with Crippen LogP contribution in [-0.2, 0) is 11.3 Å². The third kappa shape index (κ3) is 2.63. The highest BCUT2D eigenvalue weighted by atomic mass is 79.9. The molecule has 0 saturated carbocycles. The van der Waals surface area contributed by atoms with Crippen LogP contribution in [0, 0.1) is 0 Å². The summed E-state index contributed by atoms with van der Waals surface area (Å²) in [4.78, 5) is 13.8. The molecular formula is C15H13BrN2O. The number of nitrogens with zero attached hydrogens (tertiary/aromatic N) is 1. The van der Waals surface area contributed by atoms with Crippen molar-refractivity contribution >= 4 is 33.2 Å². The van der Waals surface area contributed by atoms with Crippen LogP contribution in [0.25, 0.3) is 0 Å². The van der Waals surface area contributed by atoms with Crippen molar-refractivity contribution in [3.63, 3.8) is 0 Å². The van der Waals surface area contributed by atoms with Gasteiger partial charge in [0.25, 0.3) is 0 Å². The Labute approximate surface area is 120 Å². The normalized spacial score (nSPS) is 13.9. The fourth-order valence-corrected chi connectivity index (χ4v) is 2.75. The van der Waals surface area contributed by atoms with Crippen LogP contribution in [0.4, 0.5) is 11.4 Å². The summed E-state index contributed by atoms with van der Waals surface area (Å²) in [7, 11) is 0. The molecule has 0 aliphatic carbocycles. The minimum absolute atomic E-state index is 0.0358. The van der Waals surface area contributed by atoms with Crippen molar-refractivity contribution in [2.75, 3.05) is 16.8 Å². The molecule has 2 aromatic rings. The van der Waals surface area contributed by atoms with E-state index in [1.165, 1.54) is 5.56 Å². The molecule has 0 fully saturated rings. The van der Waals surface area contributed by atoms with Gasteiger partial charge in [-0.3, -0.25) is 4.79 Å². The van der Waals surface area contributed by atoms with Crippen molar-refractivity contribution < 1.29 is 4.79 Å². The summed E-state index contributed by atoms with van der Waals surface area (Å²) in [6.07, 6.45) is 0. The molecule has 0 radical (unpaired) electrons. The molecule has 4 heteroatoms. The highest BCUT2D eigenvalue weighted by Gasteiger charge is 2.21. The summed E-state index contributed by atoms with van der Waals surface area (Å²) in [6, 6.07) is 16.0. The molecule has 0 bridgehead atoms. The summed E-state index contributed by atoms with van der Waals surface area (Å²) in [5.41, 5.74) is 3.13. The first-order chi connectivity index (χ1) is 9.22. The molecule has 2 aromatic carbocycles. The summed E-state index contributed by atoms with van der Waals surface area (Å²) in [6.45, 7) is 1.12. The van der Waals surface area contributed by atoms with E-state index in [1.54, 1.807) is 0 Å². The molecule has 1 heterocycles. The molecule has 3 nitrogen and oxygen atoms in total. The lowest BCUT2D eigenvalue weighted by atomic mass is 10.1. The Morgan fingerprint density at radius 1 is 1.16 bits per heavy atom. The number of para-hydroxylation sites is 2. The first kappa shape index (κ1) is 12.2. The standard InChI is InChI=1S/C15H13BrN2O/c16-12-5-3-4-11(8-12)9-18-10-15(19)17-13-6-1-2-7-14(13)18/h1-8H,9-10H2,(H,17,19). The Hall–Kier alpha value is -1.81. The van der Waals surface area contributed by atoms with Gasteiger partial charge in [0.15, 0.2) is 0 Å². The Morgan fingerprint density at radius 3 is 2.84 bits per heavy atom. The van der Waals surface area contributed by atoms with Gasteiger partial charge in [-0.2, -0.15) is 0 Å². The fraction of sp³-hybridized carbons (Fsp3) is 0.133. The summed E-state index contributed by atoms with van der Waals surface area (Å²) in [5.74, 6) is 0.0358. The van der Waals surface area contributed by atoms with Crippen LogP contribution >= 0.6 is 15.9 Å². The summed E-state index contributed by atoms with van der Waals surface area (Å²) < 4.78 is 1.06. The lowest BCUT2D eigenvalue weighted by Gasteiger charge is -2.30. The van der Waals surface area contributed by atoms with Crippen molar-refractivity contribution in [1.29, 1.82) is 0 Å². The molecule has 0 aromatic heterocycles. The molecule has 0 spiro atoms. The van der Waals surface area contributed by atoms with E-state index in [4.69, 9.17) is 0 Å². The molecule has 1 aliphatic rings. The van der Waals surface area contributed by atoms with Gasteiger partial charge in [0, 0.05) is 11.0 Å². The van der Waals surface area contributed by atoms with E-state index >= 15 is 0 Å². The van der Waals surface area contributed by atoms with E-state index < -0.39 is 0 Å². The Bertz CT molecular complexity index is 627. The first-order valence-electron chi connectivity index (χ1n) is 6.10. The molecule has 0 atom stereocenters. The fourth-order valence-electron chi connectivity index (χ4n) is 2.30. The Kier molecular flexibility index (Phi) is 3.25. The van der Waals surface area contributed by atoms with E-state index in [2.05, 4.69) is 38.3 Å². The van der Waals surface area contributed by atoms with Crippen molar-refractivity contribution in [2.45, 2.75) is 6.54 Å². The van der Waals surface area contributed by atoms with Gasteiger partial charge in [0.2, 0.25) is 5.91 Å². The molecule has 0 unspecified atom stereocenters. The van der Waals surface area contributed by atoms with Crippen molar-refractivity contribution in [3.8, 4) is 0 Å². The second kappa shape index (κ2) is 5.05. The number of carbonyl (C=O) groups is 1. The number of hydrogen-bond acceptors (Lipinski definition) is 2. The van der Waals surface area contributed by atoms with Crippen LogP contribution < -0.4 is 10.2 Å². The molecule has 3 rings (SSSR count). The monoisotopic (exact) mass is 316 g/mol. The average Bonchev–Trinajstić information content (AvgIpc) is 2.38. The molecule has 0 saturated heterocycles. The van der Waals surface area contributed by atoms with Crippen LogP contribution in [0.2, 0.25) is 0 Å². The van der Waals surface area contributed by atoms with Gasteiger partial charge in [-0.25, -0.2) is 0 Å². The maximum absolute atomic E-state index is 11.7. The lowest BCUT2D eigenvalue weighted by Crippen LogP contribution is -2.37. The van der Waals surface area contributed by atoms with Crippen LogP contribution in [0.3, 0.4) is 0 Å². The van der Waals surface area contributed by atoms with E-state index in [1.807, 2.05) is 36.4 Å². The van der Waals surface area contributed by atoms with Crippen LogP contribution in [0.1, 0.15) is 5.56 Å². The number of carbonyl (C=O) groups excluding carboxylic acids is 1. The zero-order chi connectivity index (χ0) is 13.2. The quantitative estimate of drug-likeness (QED) is 0.921. The molecule has 19 heavy (non-hydrogen) atoms. The van der Waals surface area contributed by atoms with Crippen LogP contribution in [-0.4, -0.2) is 12.5 Å². The molecule has 96 valence electrons. The van der Waals surface area contributed by atoms with E-state index in [0.29, 0.717) is 6.54 Å². The topological polar surface area (TPSA) is 32.3 Å². The minimum Gasteiger partial charge on any atom is -0.356 e. The predicted molar refractivity (Wildman–Crippen MR) is 80.3 cm³/mol. The number of halogens is 1. The van der Waals surface area contributed by atoms with Crippen LogP contribution in [0.5, 0.6) is 0 Å². The smallest absolute Gasteiger partial charge is 0.243 e. The van der Waals surface area contributed by atoms with Gasteiger partial charge in [0.1, 0.15) is 0 Å². The van der Waals surface area contributed by atoms with Gasteiger partial charge >= 0.3 is 0 Å². The number of rotatable bonds is 2. The number of nitrogens with one attached hydrogen (secondary N) is 1. The zero-order valence-corrected chi connectivity index (χ0v) is 11.9. The molecule has 1 N–H and O–H groups in total. The van der Waals surface area contributed by atoms with Gasteiger partial charge in [-0.05, 0) is 29.8 Å². The first-order valence-corrected chi connectivity index (χ1v) is 6.90. The van der Waals surface area contributed by atoms with Crippen molar-refractivity contribution in [3.05, 3.63) is 58.6 Å². The highest BCUT2D eigenvalue weighted by molar-refractivity contribution is 9.10.